The quantitative estimate of drug-likeness (QED) is 0.587. The molecule has 0 aromatic heterocycles. The third kappa shape index (κ3) is 5.22. The Hall–Kier alpha value is -1.04. The van der Waals surface area contributed by atoms with Gasteiger partial charge < -0.3 is 10.5 Å². The number of thiocarbonyl (C=S) groups is 1. The van der Waals surface area contributed by atoms with Gasteiger partial charge in [-0.3, -0.25) is 4.90 Å². The Labute approximate surface area is 119 Å². The van der Waals surface area contributed by atoms with Crippen LogP contribution in [-0.4, -0.2) is 36.2 Å². The summed E-state index contributed by atoms with van der Waals surface area (Å²) in [7, 11) is 0. The zero-order valence-corrected chi connectivity index (χ0v) is 12.3. The van der Waals surface area contributed by atoms with Gasteiger partial charge in [-0.1, -0.05) is 25.2 Å². The first-order valence-corrected chi connectivity index (χ1v) is 6.87. The minimum absolute atomic E-state index is 0.232. The van der Waals surface area contributed by atoms with Gasteiger partial charge in [0.1, 0.15) is 10.8 Å². The highest BCUT2D eigenvalue weighted by atomic mass is 32.1. The van der Waals surface area contributed by atoms with Crippen molar-refractivity contribution >= 4 is 17.2 Å². The first-order valence-electron chi connectivity index (χ1n) is 6.46. The van der Waals surface area contributed by atoms with Crippen LogP contribution in [0.5, 0.6) is 0 Å². The molecule has 0 amide bonds. The zero-order chi connectivity index (χ0) is 14.3. The Morgan fingerprint density at radius 3 is 2.74 bits per heavy atom. The summed E-state index contributed by atoms with van der Waals surface area (Å²) in [5, 5.41) is 0. The number of hydrogen-bond acceptors (Lipinski definition) is 3. The third-order valence-electron chi connectivity index (χ3n) is 2.93. The van der Waals surface area contributed by atoms with E-state index >= 15 is 0 Å². The molecule has 2 N–H and O–H groups in total. The van der Waals surface area contributed by atoms with Crippen molar-refractivity contribution < 1.29 is 9.13 Å². The van der Waals surface area contributed by atoms with Crippen molar-refractivity contribution in [1.29, 1.82) is 0 Å². The van der Waals surface area contributed by atoms with Crippen molar-refractivity contribution in [2.45, 2.75) is 20.4 Å². The van der Waals surface area contributed by atoms with E-state index in [9.17, 15) is 4.39 Å². The molecule has 0 radical (unpaired) electrons. The number of benzene rings is 1. The van der Waals surface area contributed by atoms with E-state index in [1.807, 2.05) is 6.92 Å². The molecule has 1 aromatic rings. The Morgan fingerprint density at radius 1 is 1.42 bits per heavy atom. The molecule has 5 heteroatoms. The van der Waals surface area contributed by atoms with E-state index in [2.05, 4.69) is 11.8 Å². The van der Waals surface area contributed by atoms with Gasteiger partial charge in [-0.15, -0.1) is 0 Å². The predicted molar refractivity (Wildman–Crippen MR) is 79.7 cm³/mol. The van der Waals surface area contributed by atoms with Gasteiger partial charge in [-0.2, -0.15) is 0 Å². The molecule has 106 valence electrons. The van der Waals surface area contributed by atoms with E-state index in [1.165, 1.54) is 12.1 Å². The lowest BCUT2D eigenvalue weighted by molar-refractivity contribution is 0.113. The van der Waals surface area contributed by atoms with Crippen LogP contribution in [0.3, 0.4) is 0 Å². The molecule has 0 saturated carbocycles. The number of hydrogen-bond donors (Lipinski definition) is 1. The number of rotatable bonds is 8. The van der Waals surface area contributed by atoms with E-state index in [0.29, 0.717) is 25.3 Å². The minimum atomic E-state index is -0.316. The topological polar surface area (TPSA) is 38.5 Å². The van der Waals surface area contributed by atoms with Crippen molar-refractivity contribution in [3.63, 3.8) is 0 Å². The first-order chi connectivity index (χ1) is 9.08. The molecule has 1 aromatic carbocycles. The molecule has 0 aliphatic rings. The Balaban J connectivity index is 2.76. The molecule has 19 heavy (non-hydrogen) atoms. The van der Waals surface area contributed by atoms with Gasteiger partial charge in [-0.25, -0.2) is 4.39 Å². The largest absolute Gasteiger partial charge is 0.389 e. The van der Waals surface area contributed by atoms with Gasteiger partial charge in [0.2, 0.25) is 0 Å². The van der Waals surface area contributed by atoms with Crippen LogP contribution in [-0.2, 0) is 11.3 Å². The van der Waals surface area contributed by atoms with Gasteiger partial charge in [0.05, 0.1) is 6.61 Å². The average Bonchev–Trinajstić information content (AvgIpc) is 2.39. The van der Waals surface area contributed by atoms with Gasteiger partial charge in [-0.05, 0) is 31.2 Å². The van der Waals surface area contributed by atoms with Gasteiger partial charge in [0, 0.05) is 25.3 Å². The molecule has 0 bridgehead atoms. The lowest BCUT2D eigenvalue weighted by Crippen LogP contribution is -2.28. The highest BCUT2D eigenvalue weighted by Crippen LogP contribution is 2.14. The van der Waals surface area contributed by atoms with Crippen LogP contribution < -0.4 is 5.73 Å². The summed E-state index contributed by atoms with van der Waals surface area (Å²) in [6, 6.07) is 4.58. The molecule has 0 fully saturated rings. The van der Waals surface area contributed by atoms with Crippen LogP contribution in [0.15, 0.2) is 18.2 Å². The Bertz CT molecular complexity index is 426. The van der Waals surface area contributed by atoms with E-state index in [-0.39, 0.29) is 10.8 Å². The van der Waals surface area contributed by atoms with E-state index in [0.717, 1.165) is 18.7 Å². The average molecular weight is 284 g/mol. The summed E-state index contributed by atoms with van der Waals surface area (Å²) in [6.45, 7) is 7.87. The number of halogens is 1. The molecule has 0 spiro atoms. The molecular weight excluding hydrogens is 263 g/mol. The number of likely N-dealkylation sites (N-methyl/N-ethyl adjacent to an activating group) is 1. The van der Waals surface area contributed by atoms with Crippen molar-refractivity contribution in [1.82, 2.24) is 4.90 Å². The van der Waals surface area contributed by atoms with Crippen LogP contribution in [0.4, 0.5) is 4.39 Å². The molecule has 0 atom stereocenters. The van der Waals surface area contributed by atoms with Crippen molar-refractivity contribution in [2.75, 3.05) is 26.3 Å². The second kappa shape index (κ2) is 8.19. The highest BCUT2D eigenvalue weighted by molar-refractivity contribution is 7.80. The molecular formula is C14H21FN2OS. The molecule has 1 rings (SSSR count). The minimum Gasteiger partial charge on any atom is -0.389 e. The van der Waals surface area contributed by atoms with E-state index < -0.39 is 0 Å². The van der Waals surface area contributed by atoms with Crippen LogP contribution in [0, 0.1) is 5.82 Å². The summed E-state index contributed by atoms with van der Waals surface area (Å²) in [4.78, 5) is 2.44. The maximum Gasteiger partial charge on any atom is 0.123 e. The predicted octanol–water partition coefficient (Wildman–Crippen LogP) is 2.32. The first kappa shape index (κ1) is 16.0. The van der Waals surface area contributed by atoms with Gasteiger partial charge in [0.15, 0.2) is 0 Å². The zero-order valence-electron chi connectivity index (χ0n) is 11.5. The standard InChI is InChI=1S/C14H21FN2OS/c1-3-17(7-8-18-4-2)10-11-5-6-12(15)9-13(11)14(16)19/h5-6,9H,3-4,7-8,10H2,1-2H3,(H2,16,19). The smallest absolute Gasteiger partial charge is 0.123 e. The fourth-order valence-corrected chi connectivity index (χ4v) is 2.03. The maximum absolute atomic E-state index is 13.2. The second-order valence-electron chi connectivity index (χ2n) is 4.23. The maximum atomic E-state index is 13.2. The van der Waals surface area contributed by atoms with Crippen molar-refractivity contribution in [3.05, 3.63) is 35.1 Å². The summed E-state index contributed by atoms with van der Waals surface area (Å²) in [6.07, 6.45) is 0. The van der Waals surface area contributed by atoms with E-state index in [4.69, 9.17) is 22.7 Å². The van der Waals surface area contributed by atoms with Gasteiger partial charge in [0.25, 0.3) is 0 Å². The third-order valence-corrected chi connectivity index (χ3v) is 3.15. The molecule has 0 heterocycles. The summed E-state index contributed by atoms with van der Waals surface area (Å²) >= 11 is 4.97. The Kier molecular flexibility index (Phi) is 6.91. The summed E-state index contributed by atoms with van der Waals surface area (Å²) in [5.74, 6) is -0.316. The van der Waals surface area contributed by atoms with Crippen molar-refractivity contribution in [3.8, 4) is 0 Å². The number of nitrogens with zero attached hydrogens (tertiary/aromatic N) is 1. The molecule has 0 aliphatic carbocycles. The molecule has 0 saturated heterocycles. The van der Waals surface area contributed by atoms with Crippen molar-refractivity contribution in [2.24, 2.45) is 5.73 Å². The molecule has 3 nitrogen and oxygen atoms in total. The summed E-state index contributed by atoms with van der Waals surface area (Å²) in [5.41, 5.74) is 7.21. The van der Waals surface area contributed by atoms with Crippen LogP contribution in [0.25, 0.3) is 0 Å². The van der Waals surface area contributed by atoms with Crippen LogP contribution in [0.2, 0.25) is 0 Å². The monoisotopic (exact) mass is 284 g/mol. The highest BCUT2D eigenvalue weighted by Gasteiger charge is 2.10. The fraction of sp³-hybridized carbons (Fsp3) is 0.500. The van der Waals surface area contributed by atoms with Gasteiger partial charge >= 0.3 is 0 Å². The lowest BCUT2D eigenvalue weighted by Gasteiger charge is -2.21. The lowest BCUT2D eigenvalue weighted by atomic mass is 10.1. The van der Waals surface area contributed by atoms with E-state index in [1.54, 1.807) is 6.07 Å². The molecule has 0 unspecified atom stereocenters. The number of ether oxygens (including phenoxy) is 1. The fourth-order valence-electron chi connectivity index (χ4n) is 1.84. The van der Waals surface area contributed by atoms with Crippen LogP contribution >= 0.6 is 12.2 Å². The van der Waals surface area contributed by atoms with Crippen LogP contribution in [0.1, 0.15) is 25.0 Å². The Morgan fingerprint density at radius 2 is 2.16 bits per heavy atom. The molecule has 0 aliphatic heterocycles. The second-order valence-corrected chi connectivity index (χ2v) is 4.67. The number of nitrogens with two attached hydrogens (primary N) is 1. The normalized spacial score (nSPS) is 10.9. The summed E-state index contributed by atoms with van der Waals surface area (Å²) < 4.78 is 18.6. The SMILES string of the molecule is CCOCCN(CC)Cc1ccc(F)cc1C(N)=S.